The van der Waals surface area contributed by atoms with Crippen LogP contribution in [0.5, 0.6) is 0 Å². The number of carbonyl (C=O) groups excluding carboxylic acids is 2. The van der Waals surface area contributed by atoms with Crippen molar-refractivity contribution < 1.29 is 18.7 Å². The average molecular weight is 560 g/mol. The lowest BCUT2D eigenvalue weighted by atomic mass is 9.98. The molecule has 5 rings (SSSR count). The summed E-state index contributed by atoms with van der Waals surface area (Å²) in [7, 11) is 1.64. The van der Waals surface area contributed by atoms with Gasteiger partial charge in [-0.05, 0) is 69.5 Å². The number of hydrogen-bond acceptors (Lipinski definition) is 7. The van der Waals surface area contributed by atoms with E-state index in [1.165, 1.54) is 23.1 Å². The van der Waals surface area contributed by atoms with Crippen LogP contribution in [0.2, 0.25) is 0 Å². The highest BCUT2D eigenvalue weighted by Gasteiger charge is 2.58. The first kappa shape index (κ1) is 27.7. The topological polar surface area (TPSA) is 92.1 Å². The number of likely N-dealkylation sites (N-methyl/N-ethyl adjacent to an activating group) is 1. The molecule has 0 spiro atoms. The highest BCUT2D eigenvalue weighted by Crippen LogP contribution is 2.44. The molecule has 40 heavy (non-hydrogen) atoms. The van der Waals surface area contributed by atoms with Crippen LogP contribution >= 0.6 is 11.9 Å². The van der Waals surface area contributed by atoms with E-state index in [1.54, 1.807) is 24.1 Å². The SMILES string of the molecule is CSNc1ccc(-c2coc3cc(C#CC4CN(C(=O)C5(N(C)C(=O)OC(C)(C)C)CC5)C4)ccc3c2=O)cc1. The van der Waals surface area contributed by atoms with E-state index in [4.69, 9.17) is 9.15 Å². The summed E-state index contributed by atoms with van der Waals surface area (Å²) in [4.78, 5) is 42.0. The van der Waals surface area contributed by atoms with Gasteiger partial charge in [-0.2, -0.15) is 0 Å². The summed E-state index contributed by atoms with van der Waals surface area (Å²) in [5.74, 6) is 6.39. The Balaban J connectivity index is 1.23. The van der Waals surface area contributed by atoms with Gasteiger partial charge in [0.1, 0.15) is 23.0 Å². The minimum atomic E-state index is -0.803. The third-order valence-electron chi connectivity index (χ3n) is 7.21. The second-order valence-electron chi connectivity index (χ2n) is 11.3. The Morgan fingerprint density at radius 1 is 1.15 bits per heavy atom. The summed E-state index contributed by atoms with van der Waals surface area (Å²) >= 11 is 1.51. The van der Waals surface area contributed by atoms with Crippen LogP contribution in [-0.4, -0.2) is 59.3 Å². The molecule has 9 heteroatoms. The highest BCUT2D eigenvalue weighted by atomic mass is 32.2. The van der Waals surface area contributed by atoms with Crippen molar-refractivity contribution in [2.45, 2.75) is 44.8 Å². The summed E-state index contributed by atoms with van der Waals surface area (Å²) in [5, 5.41) is 0.499. The van der Waals surface area contributed by atoms with Crippen LogP contribution in [0.1, 0.15) is 39.2 Å². The molecule has 0 bridgehead atoms. The zero-order valence-electron chi connectivity index (χ0n) is 23.4. The Morgan fingerprint density at radius 2 is 1.85 bits per heavy atom. The molecular formula is C31H33N3O5S. The maximum Gasteiger partial charge on any atom is 0.410 e. The number of benzene rings is 2. The molecule has 8 nitrogen and oxygen atoms in total. The molecule has 2 amide bonds. The number of ether oxygens (including phenoxy) is 1. The zero-order valence-corrected chi connectivity index (χ0v) is 24.2. The second-order valence-corrected chi connectivity index (χ2v) is 11.9. The molecule has 1 N–H and O–H groups in total. The molecule has 1 aliphatic heterocycles. The van der Waals surface area contributed by atoms with Gasteiger partial charge in [0, 0.05) is 37.6 Å². The van der Waals surface area contributed by atoms with Crippen molar-refractivity contribution >= 4 is 40.6 Å². The van der Waals surface area contributed by atoms with Crippen molar-refractivity contribution in [2.75, 3.05) is 31.1 Å². The van der Waals surface area contributed by atoms with Crippen LogP contribution in [0.3, 0.4) is 0 Å². The summed E-state index contributed by atoms with van der Waals surface area (Å²) < 4.78 is 14.4. The van der Waals surface area contributed by atoms with E-state index in [2.05, 4.69) is 16.6 Å². The van der Waals surface area contributed by atoms with Gasteiger partial charge in [0.15, 0.2) is 5.43 Å². The van der Waals surface area contributed by atoms with Gasteiger partial charge in [0.2, 0.25) is 5.91 Å². The standard InChI is InChI=1S/C31H33N3O5S/c1-30(2,3)39-29(37)33(4)31(14-15-31)28(36)34-17-21(18-34)7-6-20-8-13-24-26(16-20)38-19-25(27(24)35)22-9-11-23(12-10-22)32-40-5/h8-13,16,19,21,32H,14-15,17-18H2,1-5H3. The Kier molecular flexibility index (Phi) is 7.32. The molecule has 2 aromatic carbocycles. The number of anilines is 1. The monoisotopic (exact) mass is 559 g/mol. The predicted molar refractivity (Wildman–Crippen MR) is 158 cm³/mol. The second kappa shape index (κ2) is 10.6. The van der Waals surface area contributed by atoms with Crippen molar-refractivity contribution in [3.05, 3.63) is 64.5 Å². The fraction of sp³-hybridized carbons (Fsp3) is 0.387. The maximum absolute atomic E-state index is 13.2. The lowest BCUT2D eigenvalue weighted by molar-refractivity contribution is -0.143. The summed E-state index contributed by atoms with van der Waals surface area (Å²) in [5.41, 5.74) is 1.97. The van der Waals surface area contributed by atoms with E-state index in [0.29, 0.717) is 42.5 Å². The van der Waals surface area contributed by atoms with Gasteiger partial charge in [-0.3, -0.25) is 14.5 Å². The van der Waals surface area contributed by atoms with Crippen molar-refractivity contribution in [1.82, 2.24) is 9.80 Å². The Morgan fingerprint density at radius 3 is 2.48 bits per heavy atom. The van der Waals surface area contributed by atoms with Crippen molar-refractivity contribution in [2.24, 2.45) is 5.92 Å². The van der Waals surface area contributed by atoms with Crippen LogP contribution in [0, 0.1) is 17.8 Å². The molecule has 208 valence electrons. The van der Waals surface area contributed by atoms with Gasteiger partial charge in [0.25, 0.3) is 0 Å². The molecule has 1 aliphatic carbocycles. The van der Waals surface area contributed by atoms with E-state index in [1.807, 2.05) is 57.4 Å². The highest BCUT2D eigenvalue weighted by molar-refractivity contribution is 7.99. The lowest BCUT2D eigenvalue weighted by Gasteiger charge is -2.41. The fourth-order valence-corrected chi connectivity index (χ4v) is 5.14. The van der Waals surface area contributed by atoms with E-state index in [-0.39, 0.29) is 17.3 Å². The molecule has 2 aliphatic rings. The summed E-state index contributed by atoms with van der Waals surface area (Å²) in [6.45, 7) is 6.47. The van der Waals surface area contributed by atoms with Crippen LogP contribution in [-0.2, 0) is 9.53 Å². The van der Waals surface area contributed by atoms with E-state index in [0.717, 1.165) is 16.8 Å². The zero-order chi connectivity index (χ0) is 28.7. The third-order valence-corrected chi connectivity index (χ3v) is 7.65. The number of nitrogens with zero attached hydrogens (tertiary/aromatic N) is 2. The van der Waals surface area contributed by atoms with Gasteiger partial charge in [0.05, 0.1) is 16.9 Å². The number of nitrogens with one attached hydrogen (secondary N) is 1. The number of rotatable bonds is 5. The predicted octanol–water partition coefficient (Wildman–Crippen LogP) is 5.36. The van der Waals surface area contributed by atoms with Crippen LogP contribution in [0.15, 0.2) is 57.9 Å². The molecule has 0 unspecified atom stereocenters. The lowest BCUT2D eigenvalue weighted by Crippen LogP contribution is -2.58. The largest absolute Gasteiger partial charge is 0.463 e. The van der Waals surface area contributed by atoms with Gasteiger partial charge in [-0.15, -0.1) is 0 Å². The summed E-state index contributed by atoms with van der Waals surface area (Å²) in [6, 6.07) is 13.0. The Hall–Kier alpha value is -3.90. The number of carbonyl (C=O) groups is 2. The van der Waals surface area contributed by atoms with Crippen molar-refractivity contribution in [3.8, 4) is 23.0 Å². The summed E-state index contributed by atoms with van der Waals surface area (Å²) in [6.07, 6.45) is 4.24. The average Bonchev–Trinajstić information content (AvgIpc) is 3.69. The van der Waals surface area contributed by atoms with Crippen LogP contribution in [0.4, 0.5) is 10.5 Å². The minimum absolute atomic E-state index is 0.0419. The van der Waals surface area contributed by atoms with E-state index in [9.17, 15) is 14.4 Å². The smallest absolute Gasteiger partial charge is 0.410 e. The number of likely N-dealkylation sites (tertiary alicyclic amines) is 1. The first-order valence-electron chi connectivity index (χ1n) is 13.2. The van der Waals surface area contributed by atoms with E-state index < -0.39 is 17.2 Å². The number of fused-ring (bicyclic) bond motifs is 1. The van der Waals surface area contributed by atoms with E-state index >= 15 is 0 Å². The third kappa shape index (κ3) is 5.54. The molecular weight excluding hydrogens is 526 g/mol. The minimum Gasteiger partial charge on any atom is -0.463 e. The van der Waals surface area contributed by atoms with Crippen LogP contribution in [0.25, 0.3) is 22.1 Å². The van der Waals surface area contributed by atoms with Crippen molar-refractivity contribution in [3.63, 3.8) is 0 Å². The molecule has 1 saturated carbocycles. The molecule has 1 aromatic heterocycles. The number of amides is 2. The first-order valence-corrected chi connectivity index (χ1v) is 14.5. The first-order chi connectivity index (χ1) is 19.0. The van der Waals surface area contributed by atoms with Gasteiger partial charge >= 0.3 is 6.09 Å². The quantitative estimate of drug-likeness (QED) is 0.332. The fourth-order valence-electron chi connectivity index (χ4n) is 4.77. The van der Waals surface area contributed by atoms with Crippen molar-refractivity contribution in [1.29, 1.82) is 0 Å². The molecule has 0 radical (unpaired) electrons. The molecule has 1 saturated heterocycles. The molecule has 2 heterocycles. The van der Waals surface area contributed by atoms with Gasteiger partial charge in [-0.25, -0.2) is 4.79 Å². The molecule has 0 atom stereocenters. The number of hydrogen-bond donors (Lipinski definition) is 1. The maximum atomic E-state index is 13.2. The normalized spacial score (nSPS) is 16.0. The molecule has 3 aromatic rings. The Labute approximate surface area is 238 Å². The Bertz CT molecular complexity index is 1570. The molecule has 2 fully saturated rings. The van der Waals surface area contributed by atoms with Crippen LogP contribution < -0.4 is 10.2 Å². The van der Waals surface area contributed by atoms with Gasteiger partial charge < -0.3 is 18.8 Å². The van der Waals surface area contributed by atoms with Gasteiger partial charge in [-0.1, -0.05) is 35.9 Å².